The average molecular weight is 250 g/mol. The summed E-state index contributed by atoms with van der Waals surface area (Å²) in [6, 6.07) is 7.62. The van der Waals surface area contributed by atoms with Gasteiger partial charge in [-0.15, -0.1) is 0 Å². The van der Waals surface area contributed by atoms with Crippen molar-refractivity contribution in [3.05, 3.63) is 29.8 Å². The van der Waals surface area contributed by atoms with Gasteiger partial charge in [-0.1, -0.05) is 12.1 Å². The monoisotopic (exact) mass is 250 g/mol. The topological polar surface area (TPSA) is 55.6 Å². The fourth-order valence-corrected chi connectivity index (χ4v) is 1.62. The van der Waals surface area contributed by atoms with Crippen LogP contribution in [0.15, 0.2) is 24.3 Å². The van der Waals surface area contributed by atoms with Gasteiger partial charge in [0.05, 0.1) is 6.10 Å². The summed E-state index contributed by atoms with van der Waals surface area (Å²) in [4.78, 5) is 13.6. The molecule has 0 spiro atoms. The average Bonchev–Trinajstić information content (AvgIpc) is 2.24. The van der Waals surface area contributed by atoms with Gasteiger partial charge in [0.2, 0.25) is 0 Å². The molecule has 2 N–H and O–H groups in total. The van der Waals surface area contributed by atoms with E-state index in [1.807, 2.05) is 52.0 Å². The van der Waals surface area contributed by atoms with E-state index in [-0.39, 0.29) is 18.2 Å². The zero-order chi connectivity index (χ0) is 13.7. The number of ether oxygens (including phenoxy) is 1. The first-order valence-electron chi connectivity index (χ1n) is 6.21. The van der Waals surface area contributed by atoms with Crippen LogP contribution in [0.3, 0.4) is 0 Å². The number of hydrogen-bond acceptors (Lipinski definition) is 3. The molecule has 0 bridgehead atoms. The molecular weight excluding hydrogens is 228 g/mol. The number of anilines is 1. The smallest absolute Gasteiger partial charge is 0.410 e. The van der Waals surface area contributed by atoms with E-state index in [4.69, 9.17) is 10.5 Å². The molecule has 0 unspecified atom stereocenters. The van der Waals surface area contributed by atoms with Crippen molar-refractivity contribution in [2.45, 2.75) is 46.4 Å². The molecule has 1 aromatic carbocycles. The zero-order valence-electron chi connectivity index (χ0n) is 11.5. The Morgan fingerprint density at radius 2 is 2.00 bits per heavy atom. The van der Waals surface area contributed by atoms with E-state index in [2.05, 4.69) is 0 Å². The fraction of sp³-hybridized carbons (Fsp3) is 0.500. The lowest BCUT2D eigenvalue weighted by Gasteiger charge is -2.27. The molecule has 1 aromatic rings. The highest BCUT2D eigenvalue weighted by molar-refractivity contribution is 5.68. The summed E-state index contributed by atoms with van der Waals surface area (Å²) in [5, 5.41) is 0. The number of nitrogen functional groups attached to an aromatic ring is 1. The van der Waals surface area contributed by atoms with Gasteiger partial charge < -0.3 is 15.4 Å². The Balaban J connectivity index is 2.77. The maximum atomic E-state index is 12.0. The van der Waals surface area contributed by atoms with Crippen LogP contribution in [0.5, 0.6) is 0 Å². The summed E-state index contributed by atoms with van der Waals surface area (Å²) in [5.74, 6) is 0. The third-order valence-electron chi connectivity index (χ3n) is 2.50. The van der Waals surface area contributed by atoms with Crippen LogP contribution in [0.25, 0.3) is 0 Å². The van der Waals surface area contributed by atoms with Crippen molar-refractivity contribution in [3.8, 4) is 0 Å². The van der Waals surface area contributed by atoms with Gasteiger partial charge in [0.1, 0.15) is 0 Å². The summed E-state index contributed by atoms with van der Waals surface area (Å²) in [6.07, 6.45) is -0.401. The Hall–Kier alpha value is -1.71. The van der Waals surface area contributed by atoms with E-state index in [1.165, 1.54) is 0 Å². The molecule has 4 heteroatoms. The van der Waals surface area contributed by atoms with Crippen molar-refractivity contribution in [1.82, 2.24) is 4.90 Å². The van der Waals surface area contributed by atoms with E-state index < -0.39 is 0 Å². The lowest BCUT2D eigenvalue weighted by atomic mass is 10.2. The zero-order valence-corrected chi connectivity index (χ0v) is 11.5. The Morgan fingerprint density at radius 1 is 1.33 bits per heavy atom. The maximum absolute atomic E-state index is 12.0. The van der Waals surface area contributed by atoms with Crippen LogP contribution < -0.4 is 5.73 Å². The highest BCUT2D eigenvalue weighted by Crippen LogP contribution is 2.13. The van der Waals surface area contributed by atoms with Gasteiger partial charge in [-0.25, -0.2) is 4.79 Å². The molecule has 1 rings (SSSR count). The minimum absolute atomic E-state index is 0.0812. The molecular formula is C14H22N2O2. The van der Waals surface area contributed by atoms with Crippen LogP contribution in [-0.4, -0.2) is 23.1 Å². The van der Waals surface area contributed by atoms with Crippen molar-refractivity contribution in [3.63, 3.8) is 0 Å². The highest BCUT2D eigenvalue weighted by atomic mass is 16.6. The number of nitrogens with zero attached hydrogens (tertiary/aromatic N) is 1. The largest absolute Gasteiger partial charge is 0.447 e. The summed E-state index contributed by atoms with van der Waals surface area (Å²) >= 11 is 0. The van der Waals surface area contributed by atoms with Gasteiger partial charge in [-0.3, -0.25) is 0 Å². The minimum atomic E-state index is -0.289. The fourth-order valence-electron chi connectivity index (χ4n) is 1.62. The Kier molecular flexibility index (Phi) is 5.01. The number of hydrogen-bond donors (Lipinski definition) is 1. The molecule has 0 aliphatic carbocycles. The second-order valence-corrected chi connectivity index (χ2v) is 4.90. The van der Waals surface area contributed by atoms with Crippen LogP contribution in [0.2, 0.25) is 0 Å². The molecule has 0 atom stereocenters. The van der Waals surface area contributed by atoms with E-state index in [1.54, 1.807) is 4.90 Å². The van der Waals surface area contributed by atoms with Gasteiger partial charge in [-0.05, 0) is 45.4 Å². The number of nitrogens with two attached hydrogens (primary N) is 1. The number of amides is 1. The number of carbonyl (C=O) groups is 1. The maximum Gasteiger partial charge on any atom is 0.410 e. The number of benzene rings is 1. The van der Waals surface area contributed by atoms with Crippen molar-refractivity contribution < 1.29 is 9.53 Å². The Bertz CT molecular complexity index is 403. The molecule has 4 nitrogen and oxygen atoms in total. The quantitative estimate of drug-likeness (QED) is 0.836. The van der Waals surface area contributed by atoms with Gasteiger partial charge in [0.15, 0.2) is 0 Å². The van der Waals surface area contributed by atoms with Crippen LogP contribution in [0.1, 0.15) is 33.3 Å². The summed E-state index contributed by atoms with van der Waals surface area (Å²) in [6.45, 7) is 8.13. The summed E-state index contributed by atoms with van der Waals surface area (Å²) < 4.78 is 5.23. The molecule has 100 valence electrons. The standard InChI is InChI=1S/C14H22N2O2/c1-10(2)16(14(17)18-11(3)4)9-12-6-5-7-13(15)8-12/h5-8,10-11H,9,15H2,1-4H3. The molecule has 18 heavy (non-hydrogen) atoms. The molecule has 0 aromatic heterocycles. The SMILES string of the molecule is CC(C)OC(=O)N(Cc1cccc(N)c1)C(C)C. The third-order valence-corrected chi connectivity index (χ3v) is 2.50. The van der Waals surface area contributed by atoms with Crippen molar-refractivity contribution >= 4 is 11.8 Å². The third kappa shape index (κ3) is 4.28. The molecule has 0 fully saturated rings. The summed E-state index contributed by atoms with van der Waals surface area (Å²) in [7, 11) is 0. The van der Waals surface area contributed by atoms with Gasteiger partial charge in [0.25, 0.3) is 0 Å². The highest BCUT2D eigenvalue weighted by Gasteiger charge is 2.19. The van der Waals surface area contributed by atoms with E-state index in [0.717, 1.165) is 5.56 Å². The Labute approximate surface area is 109 Å². The van der Waals surface area contributed by atoms with Gasteiger partial charge >= 0.3 is 6.09 Å². The second-order valence-electron chi connectivity index (χ2n) is 4.90. The predicted octanol–water partition coefficient (Wildman–Crippen LogP) is 3.02. The molecule has 0 radical (unpaired) electrons. The van der Waals surface area contributed by atoms with E-state index >= 15 is 0 Å². The lowest BCUT2D eigenvalue weighted by Crippen LogP contribution is -2.37. The van der Waals surface area contributed by atoms with Crippen LogP contribution >= 0.6 is 0 Å². The van der Waals surface area contributed by atoms with E-state index in [9.17, 15) is 4.79 Å². The first-order valence-corrected chi connectivity index (χ1v) is 6.21. The molecule has 0 aliphatic rings. The van der Waals surface area contributed by atoms with Crippen LogP contribution in [0, 0.1) is 0 Å². The second kappa shape index (κ2) is 6.28. The molecule has 1 amide bonds. The summed E-state index contributed by atoms with van der Waals surface area (Å²) in [5.41, 5.74) is 7.44. The first-order chi connectivity index (χ1) is 8.40. The number of carbonyl (C=O) groups excluding carboxylic acids is 1. The molecule has 0 saturated carbocycles. The van der Waals surface area contributed by atoms with E-state index in [0.29, 0.717) is 12.2 Å². The molecule has 0 saturated heterocycles. The van der Waals surface area contributed by atoms with Crippen molar-refractivity contribution in [2.75, 3.05) is 5.73 Å². The Morgan fingerprint density at radius 3 is 2.50 bits per heavy atom. The van der Waals surface area contributed by atoms with Gasteiger partial charge in [-0.2, -0.15) is 0 Å². The van der Waals surface area contributed by atoms with Gasteiger partial charge in [0, 0.05) is 18.3 Å². The lowest BCUT2D eigenvalue weighted by molar-refractivity contribution is 0.0652. The van der Waals surface area contributed by atoms with Crippen LogP contribution in [0.4, 0.5) is 10.5 Å². The predicted molar refractivity (Wildman–Crippen MR) is 73.2 cm³/mol. The minimum Gasteiger partial charge on any atom is -0.447 e. The van der Waals surface area contributed by atoms with Crippen molar-refractivity contribution in [1.29, 1.82) is 0 Å². The van der Waals surface area contributed by atoms with Crippen LogP contribution in [-0.2, 0) is 11.3 Å². The number of rotatable bonds is 4. The molecule has 0 heterocycles. The molecule has 0 aliphatic heterocycles. The normalized spacial score (nSPS) is 10.8. The van der Waals surface area contributed by atoms with Crippen molar-refractivity contribution in [2.24, 2.45) is 0 Å². The first kappa shape index (κ1) is 14.4.